The molecule has 1 aromatic carbocycles. The third kappa shape index (κ3) is 3.54. The van der Waals surface area contributed by atoms with Crippen molar-refractivity contribution in [2.24, 2.45) is 5.92 Å². The molecule has 0 unspecified atom stereocenters. The highest BCUT2D eigenvalue weighted by molar-refractivity contribution is 6.31. The van der Waals surface area contributed by atoms with Crippen LogP contribution in [0.25, 0.3) is 0 Å². The highest BCUT2D eigenvalue weighted by Gasteiger charge is 2.20. The molecule has 3 nitrogen and oxygen atoms in total. The number of piperidine rings is 1. The first-order valence-electron chi connectivity index (χ1n) is 6.95. The largest absolute Gasteiger partial charge is 0.493 e. The average Bonchev–Trinajstić information content (AvgIpc) is 2.44. The van der Waals surface area contributed by atoms with E-state index >= 15 is 0 Å². The van der Waals surface area contributed by atoms with Crippen molar-refractivity contribution >= 4 is 11.6 Å². The Morgan fingerprint density at radius 3 is 2.68 bits per heavy atom. The van der Waals surface area contributed by atoms with Crippen molar-refractivity contribution in [3.63, 3.8) is 0 Å². The van der Waals surface area contributed by atoms with Gasteiger partial charge >= 0.3 is 0 Å². The minimum atomic E-state index is 0.621. The lowest BCUT2D eigenvalue weighted by Gasteiger charge is -2.24. The number of hydrogen-bond donors (Lipinski definition) is 1. The van der Waals surface area contributed by atoms with Gasteiger partial charge in [-0.25, -0.2) is 0 Å². The van der Waals surface area contributed by atoms with Gasteiger partial charge in [-0.2, -0.15) is 0 Å². The van der Waals surface area contributed by atoms with Crippen LogP contribution >= 0.6 is 11.6 Å². The van der Waals surface area contributed by atoms with Crippen molar-refractivity contribution in [3.05, 3.63) is 22.7 Å². The van der Waals surface area contributed by atoms with Crippen molar-refractivity contribution in [2.45, 2.75) is 26.2 Å². The molecule has 0 spiro atoms. The Morgan fingerprint density at radius 1 is 1.32 bits per heavy atom. The minimum Gasteiger partial charge on any atom is -0.493 e. The monoisotopic (exact) mass is 283 g/mol. The van der Waals surface area contributed by atoms with E-state index in [1.165, 1.54) is 12.8 Å². The molecule has 1 heterocycles. The fourth-order valence-corrected chi connectivity index (χ4v) is 2.84. The molecule has 0 radical (unpaired) electrons. The van der Waals surface area contributed by atoms with Gasteiger partial charge < -0.3 is 14.8 Å². The molecule has 1 fully saturated rings. The van der Waals surface area contributed by atoms with Gasteiger partial charge in [0.25, 0.3) is 0 Å². The first kappa shape index (κ1) is 14.5. The predicted molar refractivity (Wildman–Crippen MR) is 78.5 cm³/mol. The number of ether oxygens (including phenoxy) is 2. The van der Waals surface area contributed by atoms with E-state index in [-0.39, 0.29) is 0 Å². The van der Waals surface area contributed by atoms with E-state index in [2.05, 4.69) is 5.32 Å². The second-order valence-corrected chi connectivity index (χ2v) is 5.30. The molecule has 1 aliphatic rings. The van der Waals surface area contributed by atoms with Gasteiger partial charge in [-0.3, -0.25) is 0 Å². The highest BCUT2D eigenvalue weighted by atomic mass is 35.5. The summed E-state index contributed by atoms with van der Waals surface area (Å²) in [4.78, 5) is 0. The number of halogens is 1. The predicted octanol–water partition coefficient (Wildman–Crippen LogP) is 3.29. The Labute approximate surface area is 120 Å². The van der Waals surface area contributed by atoms with Crippen LogP contribution in [-0.2, 0) is 6.42 Å². The molecular formula is C15H22ClNO2. The van der Waals surface area contributed by atoms with Crippen LogP contribution in [0.3, 0.4) is 0 Å². The highest BCUT2D eigenvalue weighted by Crippen LogP contribution is 2.38. The first-order chi connectivity index (χ1) is 9.26. The van der Waals surface area contributed by atoms with Crippen molar-refractivity contribution in [2.75, 3.05) is 26.8 Å². The molecule has 1 saturated heterocycles. The lowest BCUT2D eigenvalue weighted by Crippen LogP contribution is -2.28. The van der Waals surface area contributed by atoms with Crippen LogP contribution in [-0.4, -0.2) is 26.8 Å². The van der Waals surface area contributed by atoms with Crippen molar-refractivity contribution in [1.29, 1.82) is 0 Å². The van der Waals surface area contributed by atoms with Gasteiger partial charge in [0.05, 0.1) is 13.7 Å². The lowest BCUT2D eigenvalue weighted by molar-refractivity contribution is 0.302. The Balaban J connectivity index is 2.25. The van der Waals surface area contributed by atoms with Crippen LogP contribution in [0.2, 0.25) is 5.02 Å². The van der Waals surface area contributed by atoms with Gasteiger partial charge in [-0.15, -0.1) is 0 Å². The maximum atomic E-state index is 6.36. The maximum Gasteiger partial charge on any atom is 0.165 e. The molecule has 0 aliphatic carbocycles. The Hall–Kier alpha value is -0.930. The van der Waals surface area contributed by atoms with Crippen LogP contribution in [0.5, 0.6) is 11.5 Å². The summed E-state index contributed by atoms with van der Waals surface area (Å²) in [6.45, 7) is 4.79. The molecule has 106 valence electrons. The van der Waals surface area contributed by atoms with E-state index in [0.717, 1.165) is 41.6 Å². The minimum absolute atomic E-state index is 0.621. The second-order valence-electron chi connectivity index (χ2n) is 4.89. The molecule has 0 amide bonds. The molecule has 1 aliphatic heterocycles. The Morgan fingerprint density at radius 2 is 2.05 bits per heavy atom. The summed E-state index contributed by atoms with van der Waals surface area (Å²) >= 11 is 6.36. The summed E-state index contributed by atoms with van der Waals surface area (Å²) in [7, 11) is 1.67. The van der Waals surface area contributed by atoms with E-state index < -0.39 is 0 Å². The molecule has 19 heavy (non-hydrogen) atoms. The van der Waals surface area contributed by atoms with E-state index in [1.54, 1.807) is 7.11 Å². The second kappa shape index (κ2) is 7.01. The first-order valence-corrected chi connectivity index (χ1v) is 7.33. The molecule has 0 aromatic heterocycles. The van der Waals surface area contributed by atoms with Crippen molar-refractivity contribution < 1.29 is 9.47 Å². The van der Waals surface area contributed by atoms with Gasteiger partial charge in [-0.1, -0.05) is 11.6 Å². The van der Waals surface area contributed by atoms with Crippen LogP contribution in [0.4, 0.5) is 0 Å². The third-order valence-electron chi connectivity index (χ3n) is 3.63. The Kier molecular flexibility index (Phi) is 5.34. The average molecular weight is 284 g/mol. The molecule has 0 bridgehead atoms. The molecule has 1 N–H and O–H groups in total. The molecule has 4 heteroatoms. The topological polar surface area (TPSA) is 30.5 Å². The Bertz CT molecular complexity index is 417. The fourth-order valence-electron chi connectivity index (χ4n) is 2.61. The number of hydrogen-bond acceptors (Lipinski definition) is 3. The van der Waals surface area contributed by atoms with Crippen molar-refractivity contribution in [3.8, 4) is 11.5 Å². The van der Waals surface area contributed by atoms with Gasteiger partial charge in [0.15, 0.2) is 11.5 Å². The van der Waals surface area contributed by atoms with Gasteiger partial charge in [0.1, 0.15) is 0 Å². The van der Waals surface area contributed by atoms with E-state index in [9.17, 15) is 0 Å². The summed E-state index contributed by atoms with van der Waals surface area (Å²) in [5.41, 5.74) is 1.09. The summed E-state index contributed by atoms with van der Waals surface area (Å²) in [6, 6.07) is 3.78. The molecule has 2 rings (SSSR count). The summed E-state index contributed by atoms with van der Waals surface area (Å²) in [5.74, 6) is 2.26. The van der Waals surface area contributed by atoms with Gasteiger partial charge in [-0.05, 0) is 57.3 Å². The van der Waals surface area contributed by atoms with Crippen LogP contribution in [0.1, 0.15) is 25.3 Å². The fraction of sp³-hybridized carbons (Fsp3) is 0.600. The van der Waals surface area contributed by atoms with Crippen LogP contribution in [0, 0.1) is 5.92 Å². The zero-order chi connectivity index (χ0) is 13.7. The van der Waals surface area contributed by atoms with Crippen molar-refractivity contribution in [1.82, 2.24) is 5.32 Å². The maximum absolute atomic E-state index is 6.36. The normalized spacial score (nSPS) is 16.4. The van der Waals surface area contributed by atoms with E-state index in [4.69, 9.17) is 21.1 Å². The smallest absolute Gasteiger partial charge is 0.165 e. The zero-order valence-corrected chi connectivity index (χ0v) is 12.4. The van der Waals surface area contributed by atoms with Crippen LogP contribution in [0.15, 0.2) is 12.1 Å². The standard InChI is InChI=1S/C15H22ClNO2/c1-3-19-15-12(10-11-6-8-17-9-7-11)13(16)4-5-14(15)18-2/h4-5,11,17H,3,6-10H2,1-2H3. The number of benzene rings is 1. The SMILES string of the molecule is CCOc1c(OC)ccc(Cl)c1CC1CCNCC1. The molecule has 0 saturated carbocycles. The van der Waals surface area contributed by atoms with E-state index in [0.29, 0.717) is 12.5 Å². The quantitative estimate of drug-likeness (QED) is 0.899. The number of nitrogens with one attached hydrogen (secondary N) is 1. The summed E-state index contributed by atoms with van der Waals surface area (Å²) in [5, 5.41) is 4.17. The molecule has 0 atom stereocenters. The molecular weight excluding hydrogens is 262 g/mol. The molecule has 1 aromatic rings. The zero-order valence-electron chi connectivity index (χ0n) is 11.7. The van der Waals surface area contributed by atoms with Crippen LogP contribution < -0.4 is 14.8 Å². The van der Waals surface area contributed by atoms with Gasteiger partial charge in [0.2, 0.25) is 0 Å². The third-order valence-corrected chi connectivity index (χ3v) is 3.98. The van der Waals surface area contributed by atoms with Gasteiger partial charge in [0, 0.05) is 10.6 Å². The summed E-state index contributed by atoms with van der Waals surface area (Å²) < 4.78 is 11.1. The summed E-state index contributed by atoms with van der Waals surface area (Å²) in [6.07, 6.45) is 3.35. The lowest BCUT2D eigenvalue weighted by atomic mass is 9.90. The van der Waals surface area contributed by atoms with E-state index in [1.807, 2.05) is 19.1 Å². The number of methoxy groups -OCH3 is 1. The number of rotatable bonds is 5.